The Hall–Kier alpha value is -1.88. The number of benzene rings is 2. The number of nitrogens with zero attached hydrogens (tertiary/aromatic N) is 1. The van der Waals surface area contributed by atoms with E-state index in [1.54, 1.807) is 0 Å². The highest BCUT2D eigenvalue weighted by atomic mass is 16.5. The first-order chi connectivity index (χ1) is 12.6. The number of ether oxygens (including phenoxy) is 1. The van der Waals surface area contributed by atoms with Gasteiger partial charge in [-0.15, -0.1) is 0 Å². The van der Waals surface area contributed by atoms with Crippen molar-refractivity contribution >= 4 is 0 Å². The molecule has 1 aliphatic heterocycles. The Kier molecular flexibility index (Phi) is 6.30. The van der Waals surface area contributed by atoms with Gasteiger partial charge in [0.25, 0.3) is 0 Å². The summed E-state index contributed by atoms with van der Waals surface area (Å²) in [5.41, 5.74) is 2.19. The average molecular weight is 354 g/mol. The van der Waals surface area contributed by atoms with Crippen LogP contribution in [-0.2, 0) is 6.61 Å². The first-order valence-electron chi connectivity index (χ1n) is 9.42. The van der Waals surface area contributed by atoms with E-state index < -0.39 is 0 Å². The molecule has 4 nitrogen and oxygen atoms in total. The van der Waals surface area contributed by atoms with Crippen molar-refractivity contribution in [3.05, 3.63) is 65.7 Å². The highest BCUT2D eigenvalue weighted by Crippen LogP contribution is 2.38. The first kappa shape index (κ1) is 18.9. The van der Waals surface area contributed by atoms with Gasteiger partial charge in [0.15, 0.2) is 0 Å². The average Bonchev–Trinajstić information content (AvgIpc) is 2.69. The summed E-state index contributed by atoms with van der Waals surface area (Å²) in [6, 6.07) is 18.8. The minimum atomic E-state index is -0.205. The zero-order chi connectivity index (χ0) is 18.4. The molecule has 3 rings (SSSR count). The van der Waals surface area contributed by atoms with Crippen molar-refractivity contribution in [1.29, 1.82) is 0 Å². The highest BCUT2D eigenvalue weighted by molar-refractivity contribution is 5.31. The minimum Gasteiger partial charge on any atom is -0.489 e. The maximum Gasteiger partial charge on any atom is 0.119 e. The van der Waals surface area contributed by atoms with E-state index in [4.69, 9.17) is 4.74 Å². The van der Waals surface area contributed by atoms with Crippen LogP contribution in [-0.4, -0.2) is 42.8 Å². The zero-order valence-electron chi connectivity index (χ0n) is 15.8. The molecule has 26 heavy (non-hydrogen) atoms. The van der Waals surface area contributed by atoms with Crippen LogP contribution in [0.5, 0.6) is 5.75 Å². The second-order valence-electron chi connectivity index (χ2n) is 7.68. The first-order valence-corrected chi connectivity index (χ1v) is 9.42. The third-order valence-electron chi connectivity index (χ3n) is 5.11. The summed E-state index contributed by atoms with van der Waals surface area (Å²) >= 11 is 0. The molecular formula is C22H30N2O2. The molecule has 0 aromatic heterocycles. The predicted molar refractivity (Wildman–Crippen MR) is 105 cm³/mol. The van der Waals surface area contributed by atoms with Gasteiger partial charge in [-0.1, -0.05) is 56.3 Å². The molecule has 1 atom stereocenters. The second-order valence-corrected chi connectivity index (χ2v) is 7.68. The normalized spacial score (nSPS) is 17.0. The number of nitrogens with one attached hydrogen (secondary N) is 1. The molecule has 0 unspecified atom stereocenters. The van der Waals surface area contributed by atoms with Crippen LogP contribution >= 0.6 is 0 Å². The zero-order valence-corrected chi connectivity index (χ0v) is 15.8. The lowest BCUT2D eigenvalue weighted by Crippen LogP contribution is -2.49. The van der Waals surface area contributed by atoms with Crippen molar-refractivity contribution < 1.29 is 9.84 Å². The van der Waals surface area contributed by atoms with Crippen LogP contribution in [0.2, 0.25) is 0 Å². The van der Waals surface area contributed by atoms with E-state index in [9.17, 15) is 5.11 Å². The fourth-order valence-electron chi connectivity index (χ4n) is 3.67. The fourth-order valence-corrected chi connectivity index (χ4v) is 3.67. The highest BCUT2D eigenvalue weighted by Gasteiger charge is 2.35. The number of aliphatic hydroxyl groups excluding tert-OH is 1. The Bertz CT molecular complexity index is 664. The van der Waals surface area contributed by atoms with Crippen LogP contribution in [0, 0.1) is 5.41 Å². The molecule has 0 spiro atoms. The quantitative estimate of drug-likeness (QED) is 0.801. The number of piperazine rings is 1. The lowest BCUT2D eigenvalue weighted by atomic mass is 9.79. The van der Waals surface area contributed by atoms with Crippen LogP contribution in [0.25, 0.3) is 0 Å². The number of aliphatic hydroxyl groups is 1. The Labute approximate surface area is 156 Å². The number of hydrogen-bond acceptors (Lipinski definition) is 4. The van der Waals surface area contributed by atoms with Crippen molar-refractivity contribution in [3.8, 4) is 5.75 Å². The number of rotatable bonds is 7. The Morgan fingerprint density at radius 2 is 1.69 bits per heavy atom. The smallest absolute Gasteiger partial charge is 0.119 e. The molecule has 0 bridgehead atoms. The molecule has 2 aromatic rings. The summed E-state index contributed by atoms with van der Waals surface area (Å²) in [7, 11) is 0. The topological polar surface area (TPSA) is 44.7 Å². The maximum absolute atomic E-state index is 9.95. The van der Waals surface area contributed by atoms with Gasteiger partial charge in [0.1, 0.15) is 12.4 Å². The van der Waals surface area contributed by atoms with Gasteiger partial charge in [-0.05, 0) is 23.3 Å². The van der Waals surface area contributed by atoms with Crippen molar-refractivity contribution in [2.45, 2.75) is 26.5 Å². The van der Waals surface area contributed by atoms with E-state index in [1.165, 1.54) is 5.56 Å². The van der Waals surface area contributed by atoms with Gasteiger partial charge >= 0.3 is 0 Å². The van der Waals surface area contributed by atoms with Gasteiger partial charge in [-0.2, -0.15) is 0 Å². The standard InChI is InChI=1S/C22H30N2O2/c1-22(2,17-25)21(24-14-12-23-13-15-24)19-8-10-20(11-9-19)26-16-18-6-4-3-5-7-18/h3-11,21,23,25H,12-17H2,1-2H3/t21-/m1/s1. The summed E-state index contributed by atoms with van der Waals surface area (Å²) < 4.78 is 5.91. The molecule has 1 heterocycles. The summed E-state index contributed by atoms with van der Waals surface area (Å²) in [6.07, 6.45) is 0. The number of hydrogen-bond donors (Lipinski definition) is 2. The SMILES string of the molecule is CC(C)(CO)[C@@H](c1ccc(OCc2ccccc2)cc1)N1CCNCC1. The Morgan fingerprint density at radius 3 is 2.31 bits per heavy atom. The molecule has 2 N–H and O–H groups in total. The molecule has 1 saturated heterocycles. The summed E-state index contributed by atoms with van der Waals surface area (Å²) in [5, 5.41) is 13.4. The molecule has 0 radical (unpaired) electrons. The van der Waals surface area contributed by atoms with Crippen molar-refractivity contribution in [2.24, 2.45) is 5.41 Å². The van der Waals surface area contributed by atoms with Crippen LogP contribution in [0.3, 0.4) is 0 Å². The molecule has 4 heteroatoms. The van der Waals surface area contributed by atoms with Crippen molar-refractivity contribution in [1.82, 2.24) is 10.2 Å². The largest absolute Gasteiger partial charge is 0.489 e. The van der Waals surface area contributed by atoms with E-state index in [-0.39, 0.29) is 18.1 Å². The summed E-state index contributed by atoms with van der Waals surface area (Å²) in [6.45, 7) is 9.00. The monoisotopic (exact) mass is 354 g/mol. The van der Waals surface area contributed by atoms with E-state index in [2.05, 4.69) is 48.3 Å². The fraction of sp³-hybridized carbons (Fsp3) is 0.455. The maximum atomic E-state index is 9.95. The lowest BCUT2D eigenvalue weighted by Gasteiger charge is -2.43. The molecule has 1 aliphatic rings. The van der Waals surface area contributed by atoms with Gasteiger partial charge in [0, 0.05) is 44.2 Å². The minimum absolute atomic E-state index is 0.161. The van der Waals surface area contributed by atoms with E-state index in [0.717, 1.165) is 37.5 Å². The predicted octanol–water partition coefficient (Wildman–Crippen LogP) is 3.23. The summed E-state index contributed by atoms with van der Waals surface area (Å²) in [5.74, 6) is 0.874. The Balaban J connectivity index is 1.73. The van der Waals surface area contributed by atoms with Crippen molar-refractivity contribution in [2.75, 3.05) is 32.8 Å². The van der Waals surface area contributed by atoms with E-state index in [0.29, 0.717) is 6.61 Å². The second kappa shape index (κ2) is 8.67. The third-order valence-corrected chi connectivity index (χ3v) is 5.11. The van der Waals surface area contributed by atoms with E-state index >= 15 is 0 Å². The van der Waals surface area contributed by atoms with Gasteiger partial charge in [0.05, 0.1) is 0 Å². The van der Waals surface area contributed by atoms with Gasteiger partial charge in [0.2, 0.25) is 0 Å². The van der Waals surface area contributed by atoms with Crippen LogP contribution in [0.1, 0.15) is 31.0 Å². The Morgan fingerprint density at radius 1 is 1.04 bits per heavy atom. The summed E-state index contributed by atoms with van der Waals surface area (Å²) in [4.78, 5) is 2.48. The lowest BCUT2D eigenvalue weighted by molar-refractivity contribution is 0.0305. The molecule has 140 valence electrons. The third kappa shape index (κ3) is 4.64. The molecule has 0 aliphatic carbocycles. The molecule has 0 amide bonds. The van der Waals surface area contributed by atoms with Crippen LogP contribution < -0.4 is 10.1 Å². The van der Waals surface area contributed by atoms with E-state index in [1.807, 2.05) is 30.3 Å². The molecule has 0 saturated carbocycles. The van der Waals surface area contributed by atoms with Gasteiger partial charge < -0.3 is 15.2 Å². The van der Waals surface area contributed by atoms with Crippen LogP contribution in [0.4, 0.5) is 0 Å². The molecule has 2 aromatic carbocycles. The molecule has 1 fully saturated rings. The van der Waals surface area contributed by atoms with Gasteiger partial charge in [-0.3, -0.25) is 4.90 Å². The van der Waals surface area contributed by atoms with Crippen molar-refractivity contribution in [3.63, 3.8) is 0 Å². The van der Waals surface area contributed by atoms with Gasteiger partial charge in [-0.25, -0.2) is 0 Å². The molecular weight excluding hydrogens is 324 g/mol. The van der Waals surface area contributed by atoms with Crippen LogP contribution in [0.15, 0.2) is 54.6 Å².